The maximum Gasteiger partial charge on any atom is 0.373 e. The number of nitrogens with zero attached hydrogens (tertiary/aromatic N) is 2. The van der Waals surface area contributed by atoms with Crippen LogP contribution >= 0.6 is 0 Å². The van der Waals surface area contributed by atoms with Crippen molar-refractivity contribution in [3.63, 3.8) is 0 Å². The first-order valence-corrected chi connectivity index (χ1v) is 5.67. The molecule has 4 nitrogen and oxygen atoms in total. The lowest BCUT2D eigenvalue weighted by Gasteiger charge is -2.09. The van der Waals surface area contributed by atoms with Crippen LogP contribution in [0.1, 0.15) is 30.2 Å². The Labute approximate surface area is 103 Å². The summed E-state index contributed by atoms with van der Waals surface area (Å²) in [5.41, 5.74) is 0.646. The highest BCUT2D eigenvalue weighted by molar-refractivity contribution is 5.88. The van der Waals surface area contributed by atoms with Gasteiger partial charge in [-0.25, -0.2) is 19.2 Å². The SMILES string of the molecule is CC(C)Cc1nc(C(=O)O)nc2c(F)cccc12. The van der Waals surface area contributed by atoms with Gasteiger partial charge in [0.25, 0.3) is 0 Å². The highest BCUT2D eigenvalue weighted by Gasteiger charge is 2.15. The second-order valence-corrected chi connectivity index (χ2v) is 4.53. The van der Waals surface area contributed by atoms with Crippen molar-refractivity contribution in [1.82, 2.24) is 9.97 Å². The predicted molar refractivity (Wildman–Crippen MR) is 65.0 cm³/mol. The van der Waals surface area contributed by atoms with E-state index in [1.54, 1.807) is 12.1 Å². The summed E-state index contributed by atoms with van der Waals surface area (Å²) in [5, 5.41) is 9.52. The van der Waals surface area contributed by atoms with Crippen LogP contribution in [0.25, 0.3) is 10.9 Å². The number of aromatic nitrogens is 2. The molecule has 1 aromatic carbocycles. The summed E-state index contributed by atoms with van der Waals surface area (Å²) in [6.45, 7) is 3.99. The molecule has 0 unspecified atom stereocenters. The number of fused-ring (bicyclic) bond motifs is 1. The van der Waals surface area contributed by atoms with Crippen molar-refractivity contribution in [2.24, 2.45) is 5.92 Å². The third kappa shape index (κ3) is 2.30. The molecule has 1 heterocycles. The van der Waals surface area contributed by atoms with E-state index in [4.69, 9.17) is 5.11 Å². The minimum atomic E-state index is -1.25. The molecule has 94 valence electrons. The largest absolute Gasteiger partial charge is 0.475 e. The fraction of sp³-hybridized carbons (Fsp3) is 0.308. The van der Waals surface area contributed by atoms with Crippen molar-refractivity contribution < 1.29 is 14.3 Å². The van der Waals surface area contributed by atoms with Gasteiger partial charge in [-0.05, 0) is 18.4 Å². The number of carboxylic acid groups (broad SMARTS) is 1. The van der Waals surface area contributed by atoms with Crippen LogP contribution in [0.15, 0.2) is 18.2 Å². The van der Waals surface area contributed by atoms with Gasteiger partial charge in [0, 0.05) is 5.39 Å². The Morgan fingerprint density at radius 3 is 2.72 bits per heavy atom. The summed E-state index contributed by atoms with van der Waals surface area (Å²) in [6, 6.07) is 4.55. The molecule has 0 amide bonds. The Bertz CT molecular complexity index is 611. The van der Waals surface area contributed by atoms with Gasteiger partial charge in [0.2, 0.25) is 5.82 Å². The molecule has 5 heteroatoms. The Kier molecular flexibility index (Phi) is 3.23. The summed E-state index contributed by atoms with van der Waals surface area (Å²) in [5.74, 6) is -1.83. The maximum absolute atomic E-state index is 13.7. The summed E-state index contributed by atoms with van der Waals surface area (Å²) < 4.78 is 13.7. The van der Waals surface area contributed by atoms with Crippen LogP contribution in [0.4, 0.5) is 4.39 Å². The molecule has 0 fully saturated rings. The molecular formula is C13H13FN2O2. The van der Waals surface area contributed by atoms with Crippen molar-refractivity contribution in [2.75, 3.05) is 0 Å². The highest BCUT2D eigenvalue weighted by atomic mass is 19.1. The Morgan fingerprint density at radius 1 is 1.39 bits per heavy atom. The van der Waals surface area contributed by atoms with Gasteiger partial charge in [-0.15, -0.1) is 0 Å². The third-order valence-corrected chi connectivity index (χ3v) is 2.55. The van der Waals surface area contributed by atoms with E-state index in [1.165, 1.54) is 6.07 Å². The first-order chi connectivity index (χ1) is 8.49. The zero-order chi connectivity index (χ0) is 13.3. The number of carboxylic acids is 1. The van der Waals surface area contributed by atoms with E-state index in [9.17, 15) is 9.18 Å². The highest BCUT2D eigenvalue weighted by Crippen LogP contribution is 2.21. The van der Waals surface area contributed by atoms with Crippen LogP contribution in [0, 0.1) is 11.7 Å². The van der Waals surface area contributed by atoms with Crippen molar-refractivity contribution in [3.05, 3.63) is 35.5 Å². The maximum atomic E-state index is 13.7. The first-order valence-electron chi connectivity index (χ1n) is 5.67. The smallest absolute Gasteiger partial charge is 0.373 e. The molecule has 2 aromatic rings. The van der Waals surface area contributed by atoms with Gasteiger partial charge in [-0.2, -0.15) is 0 Å². The predicted octanol–water partition coefficient (Wildman–Crippen LogP) is 2.67. The van der Waals surface area contributed by atoms with Crippen LogP contribution in [0.2, 0.25) is 0 Å². The molecule has 18 heavy (non-hydrogen) atoms. The van der Waals surface area contributed by atoms with Gasteiger partial charge >= 0.3 is 5.97 Å². The molecule has 0 aliphatic heterocycles. The van der Waals surface area contributed by atoms with Crippen molar-refractivity contribution in [3.8, 4) is 0 Å². The quantitative estimate of drug-likeness (QED) is 0.907. The monoisotopic (exact) mass is 248 g/mol. The third-order valence-electron chi connectivity index (χ3n) is 2.55. The van der Waals surface area contributed by atoms with Crippen molar-refractivity contribution in [1.29, 1.82) is 0 Å². The number of aromatic carboxylic acids is 1. The van der Waals surface area contributed by atoms with Crippen molar-refractivity contribution >= 4 is 16.9 Å². The lowest BCUT2D eigenvalue weighted by atomic mass is 10.0. The average molecular weight is 248 g/mol. The lowest BCUT2D eigenvalue weighted by molar-refractivity contribution is 0.0683. The number of hydrogen-bond acceptors (Lipinski definition) is 3. The molecular weight excluding hydrogens is 235 g/mol. The molecule has 0 aliphatic rings. The normalized spacial score (nSPS) is 11.1. The van der Waals surface area contributed by atoms with Crippen LogP contribution in [0.3, 0.4) is 0 Å². The fourth-order valence-corrected chi connectivity index (χ4v) is 1.82. The Hall–Kier alpha value is -2.04. The summed E-state index contributed by atoms with van der Waals surface area (Å²) >= 11 is 0. The lowest BCUT2D eigenvalue weighted by Crippen LogP contribution is -2.09. The van der Waals surface area contributed by atoms with E-state index in [1.807, 2.05) is 13.8 Å². The number of para-hydroxylation sites is 1. The fourth-order valence-electron chi connectivity index (χ4n) is 1.82. The van der Waals surface area contributed by atoms with Gasteiger partial charge < -0.3 is 5.11 Å². The molecule has 1 aromatic heterocycles. The van der Waals surface area contributed by atoms with Gasteiger partial charge in [-0.3, -0.25) is 0 Å². The number of hydrogen-bond donors (Lipinski definition) is 1. The zero-order valence-electron chi connectivity index (χ0n) is 10.1. The number of halogens is 1. The van der Waals surface area contributed by atoms with E-state index in [2.05, 4.69) is 9.97 Å². The molecule has 1 N–H and O–H groups in total. The van der Waals surface area contributed by atoms with Crippen LogP contribution in [0.5, 0.6) is 0 Å². The van der Waals surface area contributed by atoms with Gasteiger partial charge in [-0.1, -0.05) is 26.0 Å². The minimum Gasteiger partial charge on any atom is -0.475 e. The second-order valence-electron chi connectivity index (χ2n) is 4.53. The number of carbonyl (C=O) groups is 1. The van der Waals surface area contributed by atoms with Gasteiger partial charge in [0.15, 0.2) is 0 Å². The Morgan fingerprint density at radius 2 is 2.11 bits per heavy atom. The topological polar surface area (TPSA) is 63.1 Å². The van der Waals surface area contributed by atoms with E-state index in [0.29, 0.717) is 23.4 Å². The van der Waals surface area contributed by atoms with Crippen LogP contribution < -0.4 is 0 Å². The van der Waals surface area contributed by atoms with Gasteiger partial charge in [0.1, 0.15) is 11.3 Å². The average Bonchev–Trinajstić information content (AvgIpc) is 2.29. The molecule has 0 aliphatic carbocycles. The summed E-state index contributed by atoms with van der Waals surface area (Å²) in [7, 11) is 0. The molecule has 0 saturated carbocycles. The second kappa shape index (κ2) is 4.68. The molecule has 0 bridgehead atoms. The Balaban J connectivity index is 2.73. The number of benzene rings is 1. The molecule has 0 spiro atoms. The minimum absolute atomic E-state index is 0.0700. The zero-order valence-corrected chi connectivity index (χ0v) is 10.1. The van der Waals surface area contributed by atoms with Crippen LogP contribution in [-0.4, -0.2) is 21.0 Å². The van der Waals surface area contributed by atoms with Crippen molar-refractivity contribution in [2.45, 2.75) is 20.3 Å². The number of rotatable bonds is 3. The summed E-state index contributed by atoms with van der Waals surface area (Å²) in [4.78, 5) is 18.7. The van der Waals surface area contributed by atoms with E-state index >= 15 is 0 Å². The summed E-state index contributed by atoms with van der Waals surface area (Å²) in [6.07, 6.45) is 0.586. The van der Waals surface area contributed by atoms with E-state index in [-0.39, 0.29) is 11.3 Å². The standard InChI is InChI=1S/C13H13FN2O2/c1-7(2)6-10-8-4-3-5-9(14)11(8)16-12(15-10)13(17)18/h3-5,7H,6H2,1-2H3,(H,17,18). The van der Waals surface area contributed by atoms with Crippen LogP contribution in [-0.2, 0) is 6.42 Å². The molecule has 2 rings (SSSR count). The first kappa shape index (κ1) is 12.4. The molecule has 0 saturated heterocycles. The molecule has 0 radical (unpaired) electrons. The van der Waals surface area contributed by atoms with E-state index < -0.39 is 11.8 Å². The van der Waals surface area contributed by atoms with E-state index in [0.717, 1.165) is 0 Å². The molecule has 0 atom stereocenters. The van der Waals surface area contributed by atoms with Gasteiger partial charge in [0.05, 0.1) is 5.69 Å².